The Balaban J connectivity index is 1.30. The Morgan fingerprint density at radius 3 is 3.00 bits per heavy atom. The number of H-pyrrole nitrogens is 1. The molecule has 5 rings (SSSR count). The first kappa shape index (κ1) is 23.8. The molecule has 184 valence electrons. The number of aromatic nitrogens is 2. The van der Waals surface area contributed by atoms with Crippen LogP contribution in [0, 0.1) is 0 Å². The van der Waals surface area contributed by atoms with Gasteiger partial charge in [-0.2, -0.15) is 0 Å². The third-order valence-electron chi connectivity index (χ3n) is 6.06. The van der Waals surface area contributed by atoms with Gasteiger partial charge in [0.1, 0.15) is 11.4 Å². The highest BCUT2D eigenvalue weighted by Gasteiger charge is 2.20. The molecule has 2 aromatic heterocycles. The van der Waals surface area contributed by atoms with Crippen LogP contribution in [0.1, 0.15) is 17.7 Å². The van der Waals surface area contributed by atoms with Gasteiger partial charge in [0.25, 0.3) is 0 Å². The fraction of sp³-hybridized carbons (Fsp3) is 0.154. The average molecular weight is 596 g/mol. The number of anilines is 3. The molecule has 0 saturated heterocycles. The number of ether oxygens (including phenoxy) is 1. The van der Waals surface area contributed by atoms with Gasteiger partial charge in [-0.05, 0) is 46.4 Å². The molecule has 1 aromatic carbocycles. The molecule has 0 spiro atoms. The monoisotopic (exact) mass is 596 g/mol. The van der Waals surface area contributed by atoms with Crippen molar-refractivity contribution in [3.63, 3.8) is 0 Å². The number of methoxy groups -OCH3 is 1. The van der Waals surface area contributed by atoms with Crippen LogP contribution in [0.4, 0.5) is 21.9 Å². The van der Waals surface area contributed by atoms with Gasteiger partial charge in [0.05, 0.1) is 24.1 Å². The number of aromatic amines is 1. The number of nitrogens with two attached hydrogens (primary N) is 2. The molecule has 2 amide bonds. The molecule has 4 heterocycles. The molecular weight excluding hydrogens is 569 g/mol. The van der Waals surface area contributed by atoms with Crippen molar-refractivity contribution in [2.45, 2.75) is 6.42 Å². The molecule has 10 heteroatoms. The predicted molar refractivity (Wildman–Crippen MR) is 153 cm³/mol. The number of nitrogen functional groups attached to an aromatic ring is 1. The third kappa shape index (κ3) is 5.03. The van der Waals surface area contributed by atoms with Crippen LogP contribution in [0.2, 0.25) is 0 Å². The van der Waals surface area contributed by atoms with Gasteiger partial charge < -0.3 is 31.0 Å². The minimum absolute atomic E-state index is 0.100. The van der Waals surface area contributed by atoms with Crippen LogP contribution in [0.15, 0.2) is 64.2 Å². The summed E-state index contributed by atoms with van der Waals surface area (Å²) < 4.78 is 9.44. The van der Waals surface area contributed by atoms with Gasteiger partial charge in [-0.3, -0.25) is 5.41 Å². The largest absolute Gasteiger partial charge is 0.496 e. The van der Waals surface area contributed by atoms with E-state index in [-0.39, 0.29) is 26.8 Å². The SMILES string of the molecule is COC1=CC(NC(=O)N2CC=C(c3cc4c(Nc5ccc(N)c(C=[NH2+])c5)ccnc4[nH]3)CC2)=CI=C1. The summed E-state index contributed by atoms with van der Waals surface area (Å²) in [7, 11) is 1.64. The zero-order valence-corrected chi connectivity index (χ0v) is 21.9. The van der Waals surface area contributed by atoms with E-state index in [1.54, 1.807) is 13.3 Å². The van der Waals surface area contributed by atoms with Crippen LogP contribution in [-0.4, -0.2) is 51.3 Å². The number of urea groups is 1. The van der Waals surface area contributed by atoms with Crippen molar-refractivity contribution >= 4 is 70.7 Å². The van der Waals surface area contributed by atoms with Crippen LogP contribution >= 0.6 is 20.7 Å². The highest BCUT2D eigenvalue weighted by Crippen LogP contribution is 2.31. The zero-order valence-electron chi connectivity index (χ0n) is 19.7. The molecular formula is C26H27IN7O2+. The van der Waals surface area contributed by atoms with Crippen molar-refractivity contribution in [2.75, 3.05) is 31.2 Å². The van der Waals surface area contributed by atoms with E-state index in [0.29, 0.717) is 18.8 Å². The molecule has 0 saturated carbocycles. The first-order valence-electron chi connectivity index (χ1n) is 11.4. The van der Waals surface area contributed by atoms with Crippen LogP contribution in [-0.2, 0) is 4.74 Å². The number of halogens is 1. The second-order valence-electron chi connectivity index (χ2n) is 8.35. The molecule has 36 heavy (non-hydrogen) atoms. The number of rotatable bonds is 6. The van der Waals surface area contributed by atoms with Gasteiger partial charge in [-0.25, -0.2) is 9.78 Å². The van der Waals surface area contributed by atoms with Crippen molar-refractivity contribution in [3.05, 3.63) is 75.5 Å². The first-order valence-corrected chi connectivity index (χ1v) is 13.9. The van der Waals surface area contributed by atoms with E-state index in [1.165, 1.54) is 6.21 Å². The number of hydrogen-bond donors (Lipinski definition) is 5. The van der Waals surface area contributed by atoms with Crippen molar-refractivity contribution in [1.29, 1.82) is 0 Å². The molecule has 7 N–H and O–H groups in total. The maximum Gasteiger partial charge on any atom is 0.322 e. The highest BCUT2D eigenvalue weighted by atomic mass is 127. The molecule has 0 aliphatic carbocycles. The lowest BCUT2D eigenvalue weighted by atomic mass is 10.0. The molecule has 0 radical (unpaired) electrons. The number of amides is 2. The van der Waals surface area contributed by atoms with Gasteiger partial charge in [-0.15, -0.1) is 0 Å². The quantitative estimate of drug-likeness (QED) is 0.170. The lowest BCUT2D eigenvalue weighted by molar-refractivity contribution is -0.104. The van der Waals surface area contributed by atoms with E-state index in [1.807, 2.05) is 35.2 Å². The Kier molecular flexibility index (Phi) is 6.85. The Morgan fingerprint density at radius 1 is 1.33 bits per heavy atom. The Hall–Kier alpha value is -3.93. The summed E-state index contributed by atoms with van der Waals surface area (Å²) in [6.07, 6.45) is 7.96. The Bertz CT molecular complexity index is 1470. The number of carbonyl (C=O) groups excluding carboxylic acids is 1. The predicted octanol–water partition coefficient (Wildman–Crippen LogP) is 3.02. The number of nitrogens with one attached hydrogen (secondary N) is 3. The highest BCUT2D eigenvalue weighted by molar-refractivity contribution is 14.2. The van der Waals surface area contributed by atoms with Crippen molar-refractivity contribution in [2.24, 2.45) is 0 Å². The van der Waals surface area contributed by atoms with E-state index >= 15 is 0 Å². The van der Waals surface area contributed by atoms with Gasteiger partial charge in [0.2, 0.25) is 0 Å². The molecule has 9 nitrogen and oxygen atoms in total. The summed E-state index contributed by atoms with van der Waals surface area (Å²) in [6, 6.07) is 9.59. The fourth-order valence-corrected chi connectivity index (χ4v) is 5.80. The molecule has 0 unspecified atom stereocenters. The molecule has 3 aromatic rings. The number of nitrogens with zero attached hydrogens (tertiary/aromatic N) is 2. The van der Waals surface area contributed by atoms with Gasteiger partial charge in [-0.1, -0.05) is 26.8 Å². The maximum atomic E-state index is 12.8. The lowest BCUT2D eigenvalue weighted by Gasteiger charge is -2.26. The molecule has 0 atom stereocenters. The third-order valence-corrected chi connectivity index (χ3v) is 8.06. The number of pyridine rings is 1. The normalized spacial score (nSPS) is 15.4. The Morgan fingerprint density at radius 2 is 2.22 bits per heavy atom. The Labute approximate surface area is 218 Å². The number of benzene rings is 1. The smallest absolute Gasteiger partial charge is 0.322 e. The molecule has 0 bridgehead atoms. The summed E-state index contributed by atoms with van der Waals surface area (Å²) in [5.41, 5.74) is 12.9. The number of fused-ring (bicyclic) bond motifs is 1. The number of hydrogen-bond acceptors (Lipinski definition) is 5. The first-order chi connectivity index (χ1) is 17.5. The van der Waals surface area contributed by atoms with Crippen molar-refractivity contribution < 1.29 is 14.9 Å². The van der Waals surface area contributed by atoms with Crippen molar-refractivity contribution in [1.82, 2.24) is 20.2 Å². The van der Waals surface area contributed by atoms with Crippen LogP contribution < -0.4 is 21.8 Å². The van der Waals surface area contributed by atoms with E-state index in [0.717, 1.165) is 57.1 Å². The molecule has 2 aliphatic heterocycles. The fourth-order valence-electron chi connectivity index (χ4n) is 4.11. The van der Waals surface area contributed by atoms with Crippen LogP contribution in [0.5, 0.6) is 0 Å². The lowest BCUT2D eigenvalue weighted by Crippen LogP contribution is -2.41. The zero-order chi connectivity index (χ0) is 25.1. The summed E-state index contributed by atoms with van der Waals surface area (Å²) in [5.74, 6) is 0.803. The van der Waals surface area contributed by atoms with E-state index in [4.69, 9.17) is 15.9 Å². The minimum atomic E-state index is -0.249. The number of allylic oxidation sites excluding steroid dienone is 2. The van der Waals surface area contributed by atoms with E-state index in [9.17, 15) is 4.79 Å². The average Bonchev–Trinajstić information content (AvgIpc) is 3.35. The summed E-state index contributed by atoms with van der Waals surface area (Å²) in [6.45, 7) is 1.17. The summed E-state index contributed by atoms with van der Waals surface area (Å²) >= 11 is -0.249. The van der Waals surface area contributed by atoms with E-state index < -0.39 is 0 Å². The summed E-state index contributed by atoms with van der Waals surface area (Å²) in [5, 5.41) is 13.1. The standard InChI is InChI=1S/C26H26IN7O2/c1-36-20-11-19(13-27-14-20)32-26(35)34-8-5-16(6-9-34)24-12-21-23(4-7-30-25(21)33-24)31-18-2-3-22(29)17(10-18)15-28/h2-5,7,10-15,28H,6,8-9,29H2,1H3,(H,32,35)(H2,30,31,33)/p+1. The van der Waals surface area contributed by atoms with Crippen molar-refractivity contribution in [3.8, 4) is 0 Å². The second-order valence-corrected chi connectivity index (χ2v) is 10.3. The minimum Gasteiger partial charge on any atom is -0.496 e. The molecule has 2 aliphatic rings. The maximum absolute atomic E-state index is 12.8. The number of carbonyl (C=O) groups is 1. The van der Waals surface area contributed by atoms with E-state index in [2.05, 4.69) is 40.8 Å². The van der Waals surface area contributed by atoms with Crippen LogP contribution in [0.25, 0.3) is 16.6 Å². The second kappa shape index (κ2) is 10.4. The van der Waals surface area contributed by atoms with Gasteiger partial charge in [0, 0.05) is 51.8 Å². The van der Waals surface area contributed by atoms with Gasteiger partial charge >= 0.3 is 6.03 Å². The summed E-state index contributed by atoms with van der Waals surface area (Å²) in [4.78, 5) is 22.5. The van der Waals surface area contributed by atoms with Crippen LogP contribution in [0.3, 0.4) is 0 Å². The molecule has 0 fully saturated rings. The van der Waals surface area contributed by atoms with Gasteiger partial charge in [0.15, 0.2) is 6.21 Å². The topological polar surface area (TPSA) is 134 Å².